The minimum absolute atomic E-state index is 0.104. The lowest BCUT2D eigenvalue weighted by Gasteiger charge is -2.17. The van der Waals surface area contributed by atoms with E-state index in [1.165, 1.54) is 79.1 Å². The molecule has 8 aromatic carbocycles. The van der Waals surface area contributed by atoms with Gasteiger partial charge in [-0.05, 0) is 279 Å². The van der Waals surface area contributed by atoms with E-state index in [2.05, 4.69) is 166 Å². The first kappa shape index (κ1) is 97.8. The number of hydrogen-bond acceptors (Lipinski definition) is 16. The number of unbranched alkanes of at least 4 members (excludes halogenated alkanes) is 3. The van der Waals surface area contributed by atoms with E-state index in [1.807, 2.05) is 196 Å². The molecule has 13 aromatic rings. The van der Waals surface area contributed by atoms with Gasteiger partial charge >= 0.3 is 0 Å². The van der Waals surface area contributed by atoms with Gasteiger partial charge in [0.15, 0.2) is 11.6 Å². The quantitative estimate of drug-likeness (QED) is 0.0305. The molecule has 24 heteroatoms. The number of nitrogens with one attached hydrogen (secondary N) is 3. The Morgan fingerprint density at radius 2 is 0.833 bits per heavy atom. The summed E-state index contributed by atoms with van der Waals surface area (Å²) < 4.78 is 60.0. The second kappa shape index (κ2) is 51.4. The van der Waals surface area contributed by atoms with Crippen molar-refractivity contribution >= 4 is 11.6 Å². The average molecular weight is 1730 g/mol. The summed E-state index contributed by atoms with van der Waals surface area (Å²) in [5.41, 5.74) is 16.4. The normalized spacial score (nSPS) is 11.1. The van der Waals surface area contributed by atoms with Gasteiger partial charge in [-0.1, -0.05) is 108 Å². The summed E-state index contributed by atoms with van der Waals surface area (Å²) in [4.78, 5) is 11.5. The van der Waals surface area contributed by atoms with Crippen molar-refractivity contribution in [3.8, 4) is 108 Å². The van der Waals surface area contributed by atoms with E-state index < -0.39 is 5.82 Å². The van der Waals surface area contributed by atoms with Crippen LogP contribution in [0.5, 0.6) is 46.0 Å². The summed E-state index contributed by atoms with van der Waals surface area (Å²) in [6, 6.07) is 59.6. The first-order chi connectivity index (χ1) is 61.0. The van der Waals surface area contributed by atoms with E-state index in [9.17, 15) is 14.0 Å². The summed E-state index contributed by atoms with van der Waals surface area (Å²) in [5.74, 6) is 4.34. The molecule has 0 atom stereocenters. The predicted octanol–water partition coefficient (Wildman–Crippen LogP) is 24.2. The maximum Gasteiger partial charge on any atom is 0.166 e. The van der Waals surface area contributed by atoms with E-state index >= 15 is 0 Å². The largest absolute Gasteiger partial charge is 0.491 e. The summed E-state index contributed by atoms with van der Waals surface area (Å²) in [5, 5.41) is 40.9. The second-order valence-corrected chi connectivity index (χ2v) is 32.5. The van der Waals surface area contributed by atoms with Crippen LogP contribution in [0.25, 0.3) is 56.3 Å². The number of ether oxygens (including phenoxy) is 5. The number of para-hydroxylation sites is 2. The molecule has 0 aliphatic rings. The van der Waals surface area contributed by atoms with Gasteiger partial charge < -0.3 is 48.2 Å². The number of H-pyrrole nitrogens is 3. The molecule has 3 N–H and O–H groups in total. The van der Waals surface area contributed by atoms with E-state index in [-0.39, 0.29) is 23.8 Å². The first-order valence-electron chi connectivity index (χ1n) is 43.7. The number of aromatic nitrogens is 10. The Labute approximate surface area is 749 Å². The third-order valence-electron chi connectivity index (χ3n) is 20.3. The molecule has 0 saturated carbocycles. The zero-order valence-electron chi connectivity index (χ0n) is 76.1. The van der Waals surface area contributed by atoms with Crippen LogP contribution in [0.1, 0.15) is 147 Å². The van der Waals surface area contributed by atoms with Crippen molar-refractivity contribution in [3.05, 3.63) is 282 Å². The van der Waals surface area contributed by atoms with E-state index in [4.69, 9.17) is 35.3 Å². The summed E-state index contributed by atoms with van der Waals surface area (Å²) in [7, 11) is 12.6. The number of hydrogen-bond donors (Lipinski definition) is 3. The van der Waals surface area contributed by atoms with Crippen molar-refractivity contribution in [2.75, 3.05) is 68.0 Å². The molecule has 21 nitrogen and oxygen atoms in total. The smallest absolute Gasteiger partial charge is 0.166 e. The van der Waals surface area contributed by atoms with Crippen molar-refractivity contribution < 1.29 is 32.5 Å². The van der Waals surface area contributed by atoms with Gasteiger partial charge in [0.25, 0.3) is 0 Å². The Kier molecular flexibility index (Phi) is 39.9. The van der Waals surface area contributed by atoms with Gasteiger partial charge in [-0.25, -0.2) is 8.78 Å². The molecular formula is C102H127ClF2N16O5. The van der Waals surface area contributed by atoms with Gasteiger partial charge in [0, 0.05) is 95.4 Å². The van der Waals surface area contributed by atoms with Gasteiger partial charge in [-0.3, -0.25) is 24.7 Å². The number of halogens is 3. The van der Waals surface area contributed by atoms with Crippen LogP contribution in [0.4, 0.5) is 8.78 Å². The number of rotatable bonds is 40. The number of benzene rings is 8. The highest BCUT2D eigenvalue weighted by molar-refractivity contribution is 6.32. The fraction of sp³-hybridized carbons (Fsp3) is 0.353. The van der Waals surface area contributed by atoms with Crippen molar-refractivity contribution in [1.29, 1.82) is 5.26 Å². The highest BCUT2D eigenvalue weighted by Gasteiger charge is 2.21. The zero-order chi connectivity index (χ0) is 90.3. The Balaban J connectivity index is 0.000000178. The van der Waals surface area contributed by atoms with Crippen LogP contribution in [0.3, 0.4) is 0 Å². The highest BCUT2D eigenvalue weighted by atomic mass is 35.5. The van der Waals surface area contributed by atoms with Crippen molar-refractivity contribution in [3.63, 3.8) is 0 Å². The van der Waals surface area contributed by atoms with Crippen LogP contribution >= 0.6 is 11.6 Å². The Hall–Kier alpha value is -12.0. The molecule has 666 valence electrons. The molecule has 13 rings (SSSR count). The van der Waals surface area contributed by atoms with Crippen LogP contribution in [0.15, 0.2) is 232 Å². The maximum absolute atomic E-state index is 14.5. The zero-order valence-corrected chi connectivity index (χ0v) is 76.9. The lowest BCUT2D eigenvalue weighted by atomic mass is 10.0. The van der Waals surface area contributed by atoms with E-state index in [0.29, 0.717) is 45.9 Å². The van der Waals surface area contributed by atoms with Crippen molar-refractivity contribution in [2.45, 2.75) is 165 Å². The van der Waals surface area contributed by atoms with Crippen molar-refractivity contribution in [1.82, 2.24) is 74.7 Å². The van der Waals surface area contributed by atoms with Crippen LogP contribution in [-0.4, -0.2) is 155 Å². The fourth-order valence-corrected chi connectivity index (χ4v) is 14.4. The molecule has 0 aliphatic heterocycles. The second-order valence-electron chi connectivity index (χ2n) is 32.1. The van der Waals surface area contributed by atoms with Gasteiger partial charge in [-0.15, -0.1) is 6.58 Å². The Morgan fingerprint density at radius 3 is 1.30 bits per heavy atom. The topological polar surface area (TPSA) is 208 Å². The van der Waals surface area contributed by atoms with Gasteiger partial charge in [0.05, 0.1) is 88.8 Å². The molecule has 0 unspecified atom stereocenters. The number of nitriles is 1. The maximum atomic E-state index is 14.5. The number of nitrogens with zero attached hydrogens (tertiary/aromatic N) is 13. The highest BCUT2D eigenvalue weighted by Crippen LogP contribution is 2.37. The molecule has 0 fully saturated rings. The first-order valence-corrected chi connectivity index (χ1v) is 44.1. The average Bonchev–Trinajstić information content (AvgIpc) is 1.66. The van der Waals surface area contributed by atoms with Gasteiger partial charge in [0.2, 0.25) is 0 Å². The van der Waals surface area contributed by atoms with Gasteiger partial charge in [-0.2, -0.15) is 30.8 Å². The third-order valence-corrected chi connectivity index (χ3v) is 20.6. The standard InChI is InChI=1S/C22H24N4O.C21H31N3O.2C20H22FN3O.C19H28ClN3O/c1-3-4-12-26(2)16-19-15-24-25-22(19)17-10-11-21(18(13-17)14-23)27-20-8-6-5-7-9-20;1-6-8-14-23(5)16-19-15-22-24(13-7-2)21(19)18-9-11-20(12-10-18)25-17(3)4;1-3-12-24(2)14-16-13-22-23-20(16)15-4-8-18(9-5-15)25-19-10-6-17(21)7-11-19;1-3-11-24(2)14-16-13-22-23-20(16)15-9-10-19(18(21)12-15)25-17-7-5-4-6-8-17;1-6-7-10-22(4)13-16-12-21-23(5)19(16)15-8-9-18(17(20)11-15)24-14(2)3/h5-11,13,15H,3-4,12,16H2,1-2H3,(H,24,25);7,9-12,15,17H,2,6,8,13-14,16H2,1,3-5H3;4-11,13H,3,12,14H2,1-2H3,(H,22,23);4-10,12-13H,3,11,14H2,1-2H3,(H,22,23);8-9,11-12,14H,6-7,10,13H2,1-5H3. The monoisotopic (exact) mass is 1730 g/mol. The van der Waals surface area contributed by atoms with E-state index in [0.717, 1.165) is 152 Å². The Morgan fingerprint density at radius 1 is 0.429 bits per heavy atom. The molecule has 0 saturated heterocycles. The predicted molar refractivity (Wildman–Crippen MR) is 506 cm³/mol. The fourth-order valence-electron chi connectivity index (χ4n) is 14.2. The summed E-state index contributed by atoms with van der Waals surface area (Å²) in [6.07, 6.45) is 21.0. The van der Waals surface area contributed by atoms with E-state index in [1.54, 1.807) is 36.5 Å². The molecule has 0 radical (unpaired) electrons. The SMILES string of the molecule is C=CCn1ncc(CN(C)CCCC)c1-c1ccc(OC(C)C)cc1.CCCCN(C)Cc1cn[nH]c1-c1ccc(Oc2ccccc2)c(C#N)c1.CCCCN(C)Cc1cnn(C)c1-c1ccc(OC(C)C)c(Cl)c1.CCCN(C)Cc1cn[nH]c1-c1ccc(Oc2ccc(F)cc2)cc1.CCCN(C)Cc1cn[nH]c1-c1ccc(Oc2ccccc2)c(F)c1. The minimum Gasteiger partial charge on any atom is -0.491 e. The number of aromatic amines is 3. The summed E-state index contributed by atoms with van der Waals surface area (Å²) >= 11 is 6.40. The molecule has 5 aromatic heterocycles. The summed E-state index contributed by atoms with van der Waals surface area (Å²) in [6.45, 7) is 33.1. The van der Waals surface area contributed by atoms with Crippen molar-refractivity contribution in [2.24, 2.45) is 7.05 Å². The number of allylic oxidation sites excluding steroid dienone is 1. The lowest BCUT2D eigenvalue weighted by Crippen LogP contribution is -2.19. The van der Waals surface area contributed by atoms with Crippen LogP contribution in [0, 0.1) is 23.0 Å². The molecule has 0 aliphatic carbocycles. The minimum atomic E-state index is -0.399. The molecular weight excluding hydrogens is 1600 g/mol. The molecule has 0 spiro atoms. The van der Waals surface area contributed by atoms with Crippen LogP contribution in [0.2, 0.25) is 5.02 Å². The molecule has 0 bridgehead atoms. The van der Waals surface area contributed by atoms with Crippen LogP contribution in [-0.2, 0) is 46.3 Å². The molecule has 126 heavy (non-hydrogen) atoms. The molecule has 0 amide bonds. The third kappa shape index (κ3) is 30.7. The number of aryl methyl sites for hydroxylation is 1. The van der Waals surface area contributed by atoms with Crippen LogP contribution < -0.4 is 23.7 Å². The molecule has 5 heterocycles. The lowest BCUT2D eigenvalue weighted by molar-refractivity contribution is 0.242. The Bertz CT molecular complexity index is 5390. The van der Waals surface area contributed by atoms with Gasteiger partial charge in [0.1, 0.15) is 52.1 Å².